The molecule has 156 valence electrons. The molecule has 2 fully saturated rings. The summed E-state index contributed by atoms with van der Waals surface area (Å²) in [5, 5.41) is 3.88. The molecule has 2 saturated heterocycles. The second-order valence-electron chi connectivity index (χ2n) is 8.52. The number of para-hydroxylation sites is 1. The van der Waals surface area contributed by atoms with Crippen LogP contribution in [0.3, 0.4) is 0 Å². The predicted molar refractivity (Wildman–Crippen MR) is 112 cm³/mol. The molecule has 4 rings (SSSR count). The zero-order valence-corrected chi connectivity index (χ0v) is 17.3. The van der Waals surface area contributed by atoms with Crippen LogP contribution in [0.25, 0.3) is 10.9 Å². The van der Waals surface area contributed by atoms with E-state index in [1.165, 1.54) is 0 Å². The molecule has 7 heteroatoms. The van der Waals surface area contributed by atoms with Crippen molar-refractivity contribution >= 4 is 22.9 Å². The van der Waals surface area contributed by atoms with Gasteiger partial charge in [-0.3, -0.25) is 0 Å². The third kappa shape index (κ3) is 4.78. The zero-order valence-electron chi connectivity index (χ0n) is 17.3. The molecule has 1 aromatic carbocycles. The van der Waals surface area contributed by atoms with Crippen molar-refractivity contribution in [3.8, 4) is 0 Å². The molecule has 0 saturated carbocycles. The van der Waals surface area contributed by atoms with Crippen LogP contribution >= 0.6 is 0 Å². The standard InChI is InChI=1S/C22H30N4O3/c1-16(2)29-21(27)24-14-18-7-8-22(15-28-18)9-11-26(12-10-22)20-23-13-17-5-3-4-6-19(17)25-20/h3-6,13,16,18H,7-12,14-15H2,1-2H3,(H,24,27)/t18-/m0/s1. The number of nitrogens with one attached hydrogen (secondary N) is 1. The van der Waals surface area contributed by atoms with E-state index >= 15 is 0 Å². The fraction of sp³-hybridized carbons (Fsp3) is 0.591. The SMILES string of the molecule is CC(C)OC(=O)NC[C@@H]1CCC2(CCN(c3ncc4ccccc4n3)CC2)CO1. The molecule has 0 radical (unpaired) electrons. The van der Waals surface area contributed by atoms with E-state index in [0.717, 1.165) is 62.2 Å². The number of fused-ring (bicyclic) bond motifs is 1. The summed E-state index contributed by atoms with van der Waals surface area (Å²) in [6.07, 6.45) is 5.77. The summed E-state index contributed by atoms with van der Waals surface area (Å²) in [6.45, 7) is 6.85. The van der Waals surface area contributed by atoms with Gasteiger partial charge in [0.1, 0.15) is 0 Å². The van der Waals surface area contributed by atoms with Crippen molar-refractivity contribution in [2.45, 2.75) is 51.7 Å². The van der Waals surface area contributed by atoms with Crippen LogP contribution in [0.1, 0.15) is 39.5 Å². The highest BCUT2D eigenvalue weighted by Crippen LogP contribution is 2.41. The number of anilines is 1. The van der Waals surface area contributed by atoms with E-state index in [9.17, 15) is 4.79 Å². The molecule has 1 spiro atoms. The van der Waals surface area contributed by atoms with Gasteiger partial charge in [0.25, 0.3) is 0 Å². The minimum Gasteiger partial charge on any atom is -0.447 e. The van der Waals surface area contributed by atoms with Crippen molar-refractivity contribution in [3.63, 3.8) is 0 Å². The number of benzene rings is 1. The normalized spacial score (nSPS) is 21.5. The Kier molecular flexibility index (Phi) is 5.85. The lowest BCUT2D eigenvalue weighted by Crippen LogP contribution is -2.48. The fourth-order valence-corrected chi connectivity index (χ4v) is 4.22. The number of hydrogen-bond acceptors (Lipinski definition) is 6. The van der Waals surface area contributed by atoms with Gasteiger partial charge in [0.15, 0.2) is 0 Å². The lowest BCUT2D eigenvalue weighted by Gasteiger charge is -2.45. The monoisotopic (exact) mass is 398 g/mol. The Morgan fingerprint density at radius 3 is 2.83 bits per heavy atom. The minimum absolute atomic E-state index is 0.0715. The van der Waals surface area contributed by atoms with Crippen molar-refractivity contribution in [2.75, 3.05) is 31.1 Å². The molecule has 1 amide bonds. The smallest absolute Gasteiger partial charge is 0.407 e. The van der Waals surface area contributed by atoms with E-state index in [2.05, 4.69) is 15.2 Å². The maximum Gasteiger partial charge on any atom is 0.407 e. The number of piperidine rings is 1. The minimum atomic E-state index is -0.368. The van der Waals surface area contributed by atoms with Gasteiger partial charge in [-0.15, -0.1) is 0 Å². The number of alkyl carbamates (subject to hydrolysis) is 1. The molecule has 2 aliphatic rings. The van der Waals surface area contributed by atoms with Crippen molar-refractivity contribution in [3.05, 3.63) is 30.5 Å². The summed E-state index contributed by atoms with van der Waals surface area (Å²) in [6, 6.07) is 8.09. The summed E-state index contributed by atoms with van der Waals surface area (Å²) in [7, 11) is 0. The third-order valence-electron chi connectivity index (χ3n) is 6.02. The Hall–Kier alpha value is -2.41. The van der Waals surface area contributed by atoms with Gasteiger partial charge >= 0.3 is 6.09 Å². The molecule has 1 N–H and O–H groups in total. The average molecular weight is 399 g/mol. The number of rotatable bonds is 4. The van der Waals surface area contributed by atoms with Gasteiger partial charge in [0.2, 0.25) is 5.95 Å². The summed E-state index contributed by atoms with van der Waals surface area (Å²) in [5.41, 5.74) is 1.23. The molecule has 0 aliphatic carbocycles. The summed E-state index contributed by atoms with van der Waals surface area (Å²) in [4.78, 5) is 23.2. The number of carbonyl (C=O) groups excluding carboxylic acids is 1. The molecule has 2 aliphatic heterocycles. The van der Waals surface area contributed by atoms with Gasteiger partial charge in [-0.1, -0.05) is 18.2 Å². The van der Waals surface area contributed by atoms with Crippen molar-refractivity contribution in [1.29, 1.82) is 0 Å². The first-order valence-electron chi connectivity index (χ1n) is 10.6. The van der Waals surface area contributed by atoms with Gasteiger partial charge in [-0.2, -0.15) is 0 Å². The van der Waals surface area contributed by atoms with Crippen LogP contribution in [0, 0.1) is 5.41 Å². The molecule has 0 unspecified atom stereocenters. The van der Waals surface area contributed by atoms with E-state index in [-0.39, 0.29) is 23.7 Å². The molecular weight excluding hydrogens is 368 g/mol. The van der Waals surface area contributed by atoms with Crippen LogP contribution in [0.2, 0.25) is 0 Å². The van der Waals surface area contributed by atoms with Crippen molar-refractivity contribution < 1.29 is 14.3 Å². The number of carbonyl (C=O) groups is 1. The van der Waals surface area contributed by atoms with Crippen LogP contribution < -0.4 is 10.2 Å². The molecule has 2 aromatic rings. The number of aromatic nitrogens is 2. The van der Waals surface area contributed by atoms with Crippen LogP contribution in [0.5, 0.6) is 0 Å². The van der Waals surface area contributed by atoms with Crippen LogP contribution in [-0.2, 0) is 9.47 Å². The van der Waals surface area contributed by atoms with Gasteiger partial charge in [0.05, 0.1) is 24.3 Å². The quantitative estimate of drug-likeness (QED) is 0.849. The Morgan fingerprint density at radius 1 is 1.31 bits per heavy atom. The topological polar surface area (TPSA) is 76.6 Å². The lowest BCUT2D eigenvalue weighted by atomic mass is 9.73. The summed E-state index contributed by atoms with van der Waals surface area (Å²) in [5.74, 6) is 0.820. The summed E-state index contributed by atoms with van der Waals surface area (Å²) >= 11 is 0. The first-order valence-corrected chi connectivity index (χ1v) is 10.6. The number of amides is 1. The van der Waals surface area contributed by atoms with Gasteiger partial charge in [-0.25, -0.2) is 14.8 Å². The highest BCUT2D eigenvalue weighted by Gasteiger charge is 2.39. The first kappa shape index (κ1) is 19.9. The molecule has 29 heavy (non-hydrogen) atoms. The van der Waals surface area contributed by atoms with E-state index in [4.69, 9.17) is 14.5 Å². The number of hydrogen-bond donors (Lipinski definition) is 1. The highest BCUT2D eigenvalue weighted by molar-refractivity contribution is 5.78. The van der Waals surface area contributed by atoms with Gasteiger partial charge < -0.3 is 19.7 Å². The maximum absolute atomic E-state index is 11.6. The second kappa shape index (κ2) is 8.53. The molecule has 0 bridgehead atoms. The zero-order chi connectivity index (χ0) is 20.3. The number of ether oxygens (including phenoxy) is 2. The Morgan fingerprint density at radius 2 is 2.10 bits per heavy atom. The molecule has 1 aromatic heterocycles. The molecule has 7 nitrogen and oxygen atoms in total. The van der Waals surface area contributed by atoms with Crippen LogP contribution in [-0.4, -0.2) is 54.5 Å². The molecule has 3 heterocycles. The highest BCUT2D eigenvalue weighted by atomic mass is 16.6. The second-order valence-corrected chi connectivity index (χ2v) is 8.52. The Labute approximate surface area is 171 Å². The lowest BCUT2D eigenvalue weighted by molar-refractivity contribution is -0.0705. The van der Waals surface area contributed by atoms with Gasteiger partial charge in [-0.05, 0) is 51.0 Å². The molecular formula is C22H30N4O3. The molecule has 1 atom stereocenters. The van der Waals surface area contributed by atoms with Gasteiger partial charge in [0, 0.05) is 31.2 Å². The van der Waals surface area contributed by atoms with Crippen molar-refractivity contribution in [1.82, 2.24) is 15.3 Å². The van der Waals surface area contributed by atoms with E-state index in [0.29, 0.717) is 6.54 Å². The largest absolute Gasteiger partial charge is 0.447 e. The maximum atomic E-state index is 11.6. The van der Waals surface area contributed by atoms with Crippen LogP contribution in [0.4, 0.5) is 10.7 Å². The third-order valence-corrected chi connectivity index (χ3v) is 6.02. The summed E-state index contributed by atoms with van der Waals surface area (Å²) < 4.78 is 11.2. The Bertz CT molecular complexity index is 839. The average Bonchev–Trinajstić information content (AvgIpc) is 2.73. The van der Waals surface area contributed by atoms with E-state index in [1.807, 2.05) is 44.3 Å². The van der Waals surface area contributed by atoms with E-state index < -0.39 is 0 Å². The van der Waals surface area contributed by atoms with Crippen LogP contribution in [0.15, 0.2) is 30.5 Å². The van der Waals surface area contributed by atoms with E-state index in [1.54, 1.807) is 0 Å². The van der Waals surface area contributed by atoms with Crippen molar-refractivity contribution in [2.24, 2.45) is 5.41 Å². The number of nitrogens with zero attached hydrogens (tertiary/aromatic N) is 3. The Balaban J connectivity index is 1.27. The fourth-order valence-electron chi connectivity index (χ4n) is 4.22. The predicted octanol–water partition coefficient (Wildman–Crippen LogP) is 3.53. The first-order chi connectivity index (χ1) is 14.0.